The third-order valence-corrected chi connectivity index (χ3v) is 2.48. The quantitative estimate of drug-likeness (QED) is 0.858. The first-order valence-corrected chi connectivity index (χ1v) is 5.26. The van der Waals surface area contributed by atoms with Gasteiger partial charge >= 0.3 is 0 Å². The molecule has 2 rings (SSSR count). The highest BCUT2D eigenvalue weighted by atomic mass is 16.5. The van der Waals surface area contributed by atoms with Gasteiger partial charge in [0.1, 0.15) is 0 Å². The van der Waals surface area contributed by atoms with Gasteiger partial charge in [0, 0.05) is 18.0 Å². The van der Waals surface area contributed by atoms with Crippen LogP contribution in [0, 0.1) is 6.92 Å². The van der Waals surface area contributed by atoms with E-state index in [0.29, 0.717) is 11.6 Å². The van der Waals surface area contributed by atoms with Crippen molar-refractivity contribution in [1.82, 2.24) is 15.2 Å². The van der Waals surface area contributed by atoms with E-state index in [1.165, 1.54) is 0 Å². The van der Waals surface area contributed by atoms with Gasteiger partial charge in [-0.15, -0.1) is 10.2 Å². The van der Waals surface area contributed by atoms with E-state index in [0.717, 1.165) is 11.3 Å². The number of nitrogens with two attached hydrogens (primary N) is 1. The van der Waals surface area contributed by atoms with Crippen LogP contribution in [0.3, 0.4) is 0 Å². The van der Waals surface area contributed by atoms with Crippen LogP contribution in [-0.2, 0) is 0 Å². The second kappa shape index (κ2) is 4.88. The summed E-state index contributed by atoms with van der Waals surface area (Å²) in [5, 5.41) is 7.91. The summed E-state index contributed by atoms with van der Waals surface area (Å²) in [6, 6.07) is 7.09. The molecule has 5 heteroatoms. The second-order valence-electron chi connectivity index (χ2n) is 3.71. The van der Waals surface area contributed by atoms with E-state index in [-0.39, 0.29) is 6.04 Å². The van der Waals surface area contributed by atoms with Crippen LogP contribution < -0.4 is 10.5 Å². The Morgan fingerprint density at radius 1 is 1.18 bits per heavy atom. The summed E-state index contributed by atoms with van der Waals surface area (Å²) in [6.07, 6.45) is 1.76. The van der Waals surface area contributed by atoms with E-state index in [1.807, 2.05) is 19.1 Å². The van der Waals surface area contributed by atoms with Gasteiger partial charge in [0.05, 0.1) is 18.8 Å². The lowest BCUT2D eigenvalue weighted by atomic mass is 10.1. The maximum atomic E-state index is 6.07. The first kappa shape index (κ1) is 11.5. The van der Waals surface area contributed by atoms with Gasteiger partial charge in [-0.3, -0.25) is 4.98 Å². The minimum atomic E-state index is -0.318. The molecule has 0 aromatic carbocycles. The first-order valence-electron chi connectivity index (χ1n) is 5.26. The summed E-state index contributed by atoms with van der Waals surface area (Å²) in [5.74, 6) is 0.475. The van der Waals surface area contributed by atoms with Crippen LogP contribution in [0.25, 0.3) is 0 Å². The molecule has 88 valence electrons. The van der Waals surface area contributed by atoms with E-state index in [1.54, 1.807) is 25.4 Å². The lowest BCUT2D eigenvalue weighted by molar-refractivity contribution is 0.390. The fourth-order valence-corrected chi connectivity index (χ4v) is 1.44. The van der Waals surface area contributed by atoms with Crippen LogP contribution in [0.2, 0.25) is 0 Å². The number of aryl methyl sites for hydroxylation is 1. The molecule has 0 fully saturated rings. The van der Waals surface area contributed by atoms with Gasteiger partial charge in [0.15, 0.2) is 0 Å². The van der Waals surface area contributed by atoms with Crippen molar-refractivity contribution in [1.29, 1.82) is 0 Å². The highest BCUT2D eigenvalue weighted by Crippen LogP contribution is 2.17. The SMILES string of the molecule is COc1ccc(C(N)c2ccc(C)nc2)nn1. The largest absolute Gasteiger partial charge is 0.480 e. The summed E-state index contributed by atoms with van der Waals surface area (Å²) in [4.78, 5) is 4.21. The number of hydrogen-bond acceptors (Lipinski definition) is 5. The van der Waals surface area contributed by atoms with Crippen molar-refractivity contribution < 1.29 is 4.74 Å². The van der Waals surface area contributed by atoms with Gasteiger partial charge in [-0.05, 0) is 24.6 Å². The second-order valence-corrected chi connectivity index (χ2v) is 3.71. The summed E-state index contributed by atoms with van der Waals surface area (Å²) >= 11 is 0. The Hall–Kier alpha value is -2.01. The maximum absolute atomic E-state index is 6.07. The summed E-state index contributed by atoms with van der Waals surface area (Å²) in [5.41, 5.74) is 8.64. The number of rotatable bonds is 3. The molecule has 0 saturated carbocycles. The number of ether oxygens (including phenoxy) is 1. The molecule has 1 atom stereocenters. The zero-order chi connectivity index (χ0) is 12.3. The third kappa shape index (κ3) is 2.57. The number of methoxy groups -OCH3 is 1. The molecular weight excluding hydrogens is 216 g/mol. The van der Waals surface area contributed by atoms with E-state index >= 15 is 0 Å². The van der Waals surface area contributed by atoms with Crippen LogP contribution >= 0.6 is 0 Å². The van der Waals surface area contributed by atoms with Crippen LogP contribution in [-0.4, -0.2) is 22.3 Å². The van der Waals surface area contributed by atoms with Crippen molar-refractivity contribution in [3.63, 3.8) is 0 Å². The molecule has 2 aromatic heterocycles. The van der Waals surface area contributed by atoms with Crippen LogP contribution in [0.4, 0.5) is 0 Å². The Bertz CT molecular complexity index is 481. The van der Waals surface area contributed by atoms with Crippen molar-refractivity contribution in [3.05, 3.63) is 47.4 Å². The highest BCUT2D eigenvalue weighted by molar-refractivity contribution is 5.26. The van der Waals surface area contributed by atoms with Crippen LogP contribution in [0.15, 0.2) is 30.5 Å². The average molecular weight is 230 g/mol. The Morgan fingerprint density at radius 3 is 2.53 bits per heavy atom. The molecule has 0 bridgehead atoms. The monoisotopic (exact) mass is 230 g/mol. The van der Waals surface area contributed by atoms with Gasteiger partial charge < -0.3 is 10.5 Å². The topological polar surface area (TPSA) is 73.9 Å². The molecule has 0 amide bonds. The molecule has 0 aliphatic carbocycles. The van der Waals surface area contributed by atoms with Gasteiger partial charge in [-0.1, -0.05) is 6.07 Å². The van der Waals surface area contributed by atoms with Gasteiger partial charge in [0.2, 0.25) is 5.88 Å². The Morgan fingerprint density at radius 2 is 2.00 bits per heavy atom. The molecule has 0 aliphatic rings. The van der Waals surface area contributed by atoms with Crippen molar-refractivity contribution in [2.24, 2.45) is 5.73 Å². The molecule has 17 heavy (non-hydrogen) atoms. The van der Waals surface area contributed by atoms with Crippen LogP contribution in [0.1, 0.15) is 23.0 Å². The van der Waals surface area contributed by atoms with E-state index in [9.17, 15) is 0 Å². The molecule has 0 saturated heterocycles. The highest BCUT2D eigenvalue weighted by Gasteiger charge is 2.11. The number of nitrogens with zero attached hydrogens (tertiary/aromatic N) is 3. The predicted molar refractivity (Wildman–Crippen MR) is 63.6 cm³/mol. The Balaban J connectivity index is 2.23. The summed E-state index contributed by atoms with van der Waals surface area (Å²) < 4.78 is 4.94. The van der Waals surface area contributed by atoms with Crippen LogP contribution in [0.5, 0.6) is 5.88 Å². The minimum Gasteiger partial charge on any atom is -0.480 e. The van der Waals surface area contributed by atoms with Crippen molar-refractivity contribution in [3.8, 4) is 5.88 Å². The average Bonchev–Trinajstić information content (AvgIpc) is 2.39. The fraction of sp³-hybridized carbons (Fsp3) is 0.250. The zero-order valence-electron chi connectivity index (χ0n) is 9.79. The Kier molecular flexibility index (Phi) is 3.30. The van der Waals surface area contributed by atoms with Gasteiger partial charge in [-0.2, -0.15) is 0 Å². The number of aromatic nitrogens is 3. The molecule has 0 aliphatic heterocycles. The molecule has 2 aromatic rings. The Labute approximate surface area is 99.7 Å². The number of pyridine rings is 1. The molecule has 2 heterocycles. The predicted octanol–water partition coefficient (Wildman–Crippen LogP) is 1.24. The first-order chi connectivity index (χ1) is 8.20. The zero-order valence-corrected chi connectivity index (χ0v) is 9.79. The maximum Gasteiger partial charge on any atom is 0.233 e. The normalized spacial score (nSPS) is 12.2. The van der Waals surface area contributed by atoms with Crippen molar-refractivity contribution >= 4 is 0 Å². The lowest BCUT2D eigenvalue weighted by Crippen LogP contribution is -2.14. The van der Waals surface area contributed by atoms with E-state index < -0.39 is 0 Å². The third-order valence-electron chi connectivity index (χ3n) is 2.48. The summed E-state index contributed by atoms with van der Waals surface area (Å²) in [6.45, 7) is 1.93. The molecule has 0 spiro atoms. The molecule has 1 unspecified atom stereocenters. The smallest absolute Gasteiger partial charge is 0.233 e. The van der Waals surface area contributed by atoms with E-state index in [4.69, 9.17) is 10.5 Å². The van der Waals surface area contributed by atoms with Gasteiger partial charge in [0.25, 0.3) is 0 Å². The van der Waals surface area contributed by atoms with E-state index in [2.05, 4.69) is 15.2 Å². The van der Waals surface area contributed by atoms with Crippen molar-refractivity contribution in [2.75, 3.05) is 7.11 Å². The fourth-order valence-electron chi connectivity index (χ4n) is 1.44. The molecular formula is C12H14N4O. The molecule has 5 nitrogen and oxygen atoms in total. The minimum absolute atomic E-state index is 0.318. The molecule has 0 radical (unpaired) electrons. The summed E-state index contributed by atoms with van der Waals surface area (Å²) in [7, 11) is 1.55. The molecule has 2 N–H and O–H groups in total. The lowest BCUT2D eigenvalue weighted by Gasteiger charge is -2.10. The standard InChI is InChI=1S/C12H14N4O/c1-8-3-4-9(7-14-8)12(13)10-5-6-11(17-2)16-15-10/h3-7,12H,13H2,1-2H3. The van der Waals surface area contributed by atoms with Crippen molar-refractivity contribution in [2.45, 2.75) is 13.0 Å². The number of hydrogen-bond donors (Lipinski definition) is 1. The van der Waals surface area contributed by atoms with Gasteiger partial charge in [-0.25, -0.2) is 0 Å².